The number of tetrazole rings is 1. The minimum absolute atomic E-state index is 0.0239. The number of pyridine rings is 1. The highest BCUT2D eigenvalue weighted by Gasteiger charge is 2.38. The van der Waals surface area contributed by atoms with Gasteiger partial charge in [-0.15, -0.1) is 10.2 Å². The van der Waals surface area contributed by atoms with E-state index in [4.69, 9.17) is 14.2 Å². The van der Waals surface area contributed by atoms with Crippen molar-refractivity contribution in [3.8, 4) is 39.9 Å². The number of sulfonamides is 2. The number of aromatic nitrogens is 5. The Kier molecular flexibility index (Phi) is 15.3. The SMILES string of the molecule is COc1ccc(CN(Cc2ccc(OC)cc2)S(=O)(=O)c2c(S(=O)(=O)N[C@H](C)CN(Cc3ccccc3)C(=O)O)ccc(-c3cccc(Br)n3)c2-c2nnn(Cc3ccc(OC)cc3)n2)cc1. The summed E-state index contributed by atoms with van der Waals surface area (Å²) >= 11 is 3.43. The standard InChI is InChI=1S/C47H47BrN8O9S2/c1-32(27-54(47(57)58)28-33-9-6-5-7-10-33)52-66(59,60)42-26-25-40(41-11-8-12-43(48)49-41)44(46-50-53-56(51-46)31-36-17-23-39(65-4)24-18-36)45(42)67(61,62)55(29-34-13-19-37(63-2)20-14-34)30-35-15-21-38(64-3)22-16-35/h5-26,32,52H,27-31H2,1-4H3,(H,57,58)/t32-/m1/s1. The van der Waals surface area contributed by atoms with Crippen LogP contribution in [0.3, 0.4) is 0 Å². The molecule has 2 N–H and O–H groups in total. The molecule has 7 aromatic rings. The van der Waals surface area contributed by atoms with Gasteiger partial charge in [0.05, 0.1) is 39.1 Å². The van der Waals surface area contributed by atoms with Crippen molar-refractivity contribution < 1.29 is 40.9 Å². The number of nitrogens with zero attached hydrogens (tertiary/aromatic N) is 7. The predicted molar refractivity (Wildman–Crippen MR) is 253 cm³/mol. The first-order chi connectivity index (χ1) is 32.2. The highest BCUT2D eigenvalue weighted by molar-refractivity contribution is 9.10. The number of carbonyl (C=O) groups is 1. The van der Waals surface area contributed by atoms with Gasteiger partial charge >= 0.3 is 6.09 Å². The first-order valence-corrected chi connectivity index (χ1v) is 24.4. The van der Waals surface area contributed by atoms with Crippen LogP contribution < -0.4 is 18.9 Å². The van der Waals surface area contributed by atoms with E-state index in [0.717, 1.165) is 10.5 Å². The Balaban J connectivity index is 1.43. The third-order valence-electron chi connectivity index (χ3n) is 10.5. The Labute approximate surface area is 397 Å². The third kappa shape index (κ3) is 11.8. The monoisotopic (exact) mass is 1010 g/mol. The van der Waals surface area contributed by atoms with Crippen molar-refractivity contribution >= 4 is 42.1 Å². The lowest BCUT2D eigenvalue weighted by atomic mass is 10.0. The van der Waals surface area contributed by atoms with Gasteiger partial charge in [0.1, 0.15) is 31.6 Å². The van der Waals surface area contributed by atoms with Crippen molar-refractivity contribution in [2.75, 3.05) is 27.9 Å². The average Bonchev–Trinajstić information content (AvgIpc) is 3.79. The molecule has 0 unspecified atom stereocenters. The lowest BCUT2D eigenvalue weighted by Gasteiger charge is -2.27. The molecule has 1 amide bonds. The van der Waals surface area contributed by atoms with Crippen LogP contribution in [0, 0.1) is 0 Å². The maximum absolute atomic E-state index is 16.0. The van der Waals surface area contributed by atoms with Gasteiger partial charge in [-0.25, -0.2) is 31.3 Å². The highest BCUT2D eigenvalue weighted by Crippen LogP contribution is 2.41. The number of hydrogen-bond donors (Lipinski definition) is 2. The first kappa shape index (κ1) is 48.2. The molecule has 0 saturated heterocycles. The summed E-state index contributed by atoms with van der Waals surface area (Å²) in [7, 11) is -5.20. The van der Waals surface area contributed by atoms with Crippen LogP contribution in [-0.2, 0) is 46.2 Å². The van der Waals surface area contributed by atoms with E-state index in [0.29, 0.717) is 38.5 Å². The molecule has 2 aromatic heterocycles. The molecule has 0 radical (unpaired) electrons. The zero-order valence-electron chi connectivity index (χ0n) is 36.9. The molecule has 348 valence electrons. The second-order valence-electron chi connectivity index (χ2n) is 15.3. The van der Waals surface area contributed by atoms with E-state index in [-0.39, 0.29) is 55.4 Å². The van der Waals surface area contributed by atoms with Crippen LogP contribution in [0.15, 0.2) is 148 Å². The average molecular weight is 1010 g/mol. The predicted octanol–water partition coefficient (Wildman–Crippen LogP) is 7.48. The largest absolute Gasteiger partial charge is 0.497 e. The Morgan fingerprint density at radius 1 is 0.716 bits per heavy atom. The van der Waals surface area contributed by atoms with E-state index in [1.165, 1.54) is 42.4 Å². The zero-order valence-corrected chi connectivity index (χ0v) is 40.1. The molecule has 0 fully saturated rings. The summed E-state index contributed by atoms with van der Waals surface area (Å²) in [5, 5.41) is 23.5. The fraction of sp³-hybridized carbons (Fsp3) is 0.213. The summed E-state index contributed by atoms with van der Waals surface area (Å²) in [4.78, 5) is 18.2. The van der Waals surface area contributed by atoms with Gasteiger partial charge in [-0.3, -0.25) is 0 Å². The van der Waals surface area contributed by atoms with Crippen molar-refractivity contribution in [2.45, 2.75) is 48.9 Å². The number of nitrogens with one attached hydrogen (secondary N) is 1. The van der Waals surface area contributed by atoms with E-state index >= 15 is 16.8 Å². The highest BCUT2D eigenvalue weighted by atomic mass is 79.9. The minimum Gasteiger partial charge on any atom is -0.497 e. The maximum Gasteiger partial charge on any atom is 0.407 e. The summed E-state index contributed by atoms with van der Waals surface area (Å²) in [5.74, 6) is 1.53. The molecule has 0 saturated carbocycles. The Morgan fingerprint density at radius 2 is 1.27 bits per heavy atom. The number of rotatable bonds is 20. The maximum atomic E-state index is 16.0. The minimum atomic E-state index is -4.96. The molecule has 0 spiro atoms. The van der Waals surface area contributed by atoms with Gasteiger partial charge in [0.25, 0.3) is 0 Å². The Morgan fingerprint density at radius 3 is 1.81 bits per heavy atom. The zero-order chi connectivity index (χ0) is 47.7. The van der Waals surface area contributed by atoms with Crippen molar-refractivity contribution in [3.63, 3.8) is 0 Å². The van der Waals surface area contributed by atoms with Crippen LogP contribution in [0.4, 0.5) is 4.79 Å². The van der Waals surface area contributed by atoms with E-state index in [1.807, 2.05) is 12.1 Å². The summed E-state index contributed by atoms with van der Waals surface area (Å²) in [6, 6.07) is 36.3. The lowest BCUT2D eigenvalue weighted by molar-refractivity contribution is 0.139. The quantitative estimate of drug-likeness (QED) is 0.0711. The topological polar surface area (TPSA) is 208 Å². The second-order valence-corrected chi connectivity index (χ2v) is 19.7. The summed E-state index contributed by atoms with van der Waals surface area (Å²) < 4.78 is 82.2. The van der Waals surface area contributed by atoms with Gasteiger partial charge in [-0.05, 0) is 105 Å². The Bertz CT molecular complexity index is 2990. The Hall–Kier alpha value is -6.71. The van der Waals surface area contributed by atoms with Gasteiger partial charge in [0.2, 0.25) is 25.9 Å². The van der Waals surface area contributed by atoms with Crippen LogP contribution in [0.1, 0.15) is 29.2 Å². The summed E-state index contributed by atoms with van der Waals surface area (Å²) in [6.07, 6.45) is -1.28. The van der Waals surface area contributed by atoms with Crippen LogP contribution in [0.25, 0.3) is 22.6 Å². The number of amides is 1. The van der Waals surface area contributed by atoms with Crippen molar-refractivity contribution in [1.29, 1.82) is 0 Å². The molecule has 7 rings (SSSR count). The molecule has 1 atom stereocenters. The molecule has 0 aliphatic rings. The van der Waals surface area contributed by atoms with Gasteiger partial charge in [0.15, 0.2) is 0 Å². The van der Waals surface area contributed by atoms with Crippen LogP contribution in [-0.4, -0.2) is 96.3 Å². The van der Waals surface area contributed by atoms with Crippen molar-refractivity contribution in [2.24, 2.45) is 0 Å². The van der Waals surface area contributed by atoms with Crippen molar-refractivity contribution in [1.82, 2.24) is 39.1 Å². The lowest BCUT2D eigenvalue weighted by Crippen LogP contribution is -2.44. The van der Waals surface area contributed by atoms with Gasteiger partial charge < -0.3 is 24.2 Å². The molecular weight excluding hydrogens is 965 g/mol. The molecular formula is C47H47BrN8O9S2. The fourth-order valence-corrected chi connectivity index (χ4v) is 11.3. The first-order valence-electron chi connectivity index (χ1n) is 20.7. The van der Waals surface area contributed by atoms with Crippen molar-refractivity contribution in [3.05, 3.63) is 160 Å². The molecule has 2 heterocycles. The smallest absolute Gasteiger partial charge is 0.407 e. The molecule has 20 heteroatoms. The molecule has 17 nitrogen and oxygen atoms in total. The molecule has 0 bridgehead atoms. The molecule has 5 aromatic carbocycles. The number of carboxylic acid groups (broad SMARTS) is 1. The molecule has 0 aliphatic heterocycles. The van der Waals surface area contributed by atoms with Crippen LogP contribution >= 0.6 is 15.9 Å². The number of halogens is 1. The molecule has 0 aliphatic carbocycles. The second kappa shape index (κ2) is 21.3. The van der Waals surface area contributed by atoms with Crippen LogP contribution in [0.5, 0.6) is 17.2 Å². The number of ether oxygens (including phenoxy) is 3. The van der Waals surface area contributed by atoms with Crippen LogP contribution in [0.2, 0.25) is 0 Å². The fourth-order valence-electron chi connectivity index (χ4n) is 7.26. The number of hydrogen-bond acceptors (Lipinski definition) is 12. The molecule has 67 heavy (non-hydrogen) atoms. The van der Waals surface area contributed by atoms with Gasteiger partial charge in [-0.2, -0.15) is 9.10 Å². The van der Waals surface area contributed by atoms with E-state index in [2.05, 4.69) is 41.0 Å². The van der Waals surface area contributed by atoms with E-state index in [1.54, 1.807) is 116 Å². The number of methoxy groups -OCH3 is 3. The van der Waals surface area contributed by atoms with E-state index < -0.39 is 42.0 Å². The van der Waals surface area contributed by atoms with E-state index in [9.17, 15) is 9.90 Å². The normalized spacial score (nSPS) is 12.1. The van der Waals surface area contributed by atoms with Gasteiger partial charge in [-0.1, -0.05) is 78.9 Å². The summed E-state index contributed by atoms with van der Waals surface area (Å²) in [6.45, 7) is 0.880. The third-order valence-corrected chi connectivity index (χ3v) is 14.6. The summed E-state index contributed by atoms with van der Waals surface area (Å²) in [5.41, 5.74) is 2.86. The van der Waals surface area contributed by atoms with Gasteiger partial charge in [0, 0.05) is 37.8 Å². The number of benzene rings is 5.